The van der Waals surface area contributed by atoms with Gasteiger partial charge in [-0.2, -0.15) is 4.98 Å². The summed E-state index contributed by atoms with van der Waals surface area (Å²) in [6, 6.07) is -0.754. The summed E-state index contributed by atoms with van der Waals surface area (Å²) in [4.78, 5) is 34.4. The molecular formula is C16H25ClN6O4. The standard InChI is InChI=1S/C16H24N6O4.ClH/c1-7(2)11(17)15(25)26-5-8-3-10(9(8)4-23)22-6-19-12-13(22)20-16(18)21-14(12)24;/h6-11,23H,3-5,17H2,1-2H3,(H3,18,20,21,24);1H/t8-,9-,10-,11?;/m1./s1. The van der Waals surface area contributed by atoms with Crippen molar-refractivity contribution in [1.29, 1.82) is 0 Å². The molecule has 0 spiro atoms. The largest absolute Gasteiger partial charge is 0.464 e. The number of fused-ring (bicyclic) bond motifs is 1. The van der Waals surface area contributed by atoms with Crippen molar-refractivity contribution in [3.63, 3.8) is 0 Å². The van der Waals surface area contributed by atoms with Crippen molar-refractivity contribution in [2.45, 2.75) is 32.4 Å². The Hall–Kier alpha value is -2.17. The lowest BCUT2D eigenvalue weighted by atomic mass is 9.70. The number of carbonyl (C=O) groups excluding carboxylic acids is 1. The number of halogens is 1. The molecule has 3 rings (SSSR count). The monoisotopic (exact) mass is 400 g/mol. The van der Waals surface area contributed by atoms with E-state index in [9.17, 15) is 14.7 Å². The molecule has 4 atom stereocenters. The number of aliphatic hydroxyl groups is 1. The van der Waals surface area contributed by atoms with Crippen molar-refractivity contribution in [2.24, 2.45) is 23.5 Å². The van der Waals surface area contributed by atoms with Crippen LogP contribution in [-0.2, 0) is 9.53 Å². The van der Waals surface area contributed by atoms with Gasteiger partial charge in [-0.1, -0.05) is 13.8 Å². The first kappa shape index (κ1) is 21.1. The van der Waals surface area contributed by atoms with Crippen LogP contribution in [0.5, 0.6) is 0 Å². The number of imidazole rings is 1. The van der Waals surface area contributed by atoms with Gasteiger partial charge in [-0.05, 0) is 12.3 Å². The fraction of sp³-hybridized carbons (Fsp3) is 0.625. The Kier molecular flexibility index (Phi) is 6.45. The smallest absolute Gasteiger partial charge is 0.323 e. The average Bonchev–Trinajstić information content (AvgIpc) is 2.97. The maximum absolute atomic E-state index is 11.9. The van der Waals surface area contributed by atoms with Gasteiger partial charge < -0.3 is 25.9 Å². The summed E-state index contributed by atoms with van der Waals surface area (Å²) < 4.78 is 7.05. The Balaban J connectivity index is 0.00000261. The van der Waals surface area contributed by atoms with Crippen LogP contribution in [0.4, 0.5) is 5.95 Å². The Morgan fingerprint density at radius 2 is 2.22 bits per heavy atom. The maximum atomic E-state index is 11.9. The van der Waals surface area contributed by atoms with Gasteiger partial charge in [0.25, 0.3) is 5.56 Å². The fourth-order valence-corrected chi connectivity index (χ4v) is 3.30. The van der Waals surface area contributed by atoms with Gasteiger partial charge in [0.2, 0.25) is 5.95 Å². The summed E-state index contributed by atoms with van der Waals surface area (Å²) in [5.41, 5.74) is 11.6. The van der Waals surface area contributed by atoms with Crippen molar-refractivity contribution in [3.05, 3.63) is 16.7 Å². The lowest BCUT2D eigenvalue weighted by Gasteiger charge is -2.44. The van der Waals surface area contributed by atoms with E-state index in [0.717, 1.165) is 0 Å². The summed E-state index contributed by atoms with van der Waals surface area (Å²) in [5, 5.41) is 9.76. The van der Waals surface area contributed by atoms with Crippen molar-refractivity contribution in [1.82, 2.24) is 19.5 Å². The van der Waals surface area contributed by atoms with Crippen molar-refractivity contribution < 1.29 is 14.6 Å². The molecule has 0 radical (unpaired) electrons. The summed E-state index contributed by atoms with van der Waals surface area (Å²) in [5.74, 6) is -0.563. The first-order valence-corrected chi connectivity index (χ1v) is 8.58. The predicted octanol–water partition coefficient (Wildman–Crippen LogP) is -0.180. The number of anilines is 1. The second kappa shape index (κ2) is 8.24. The van der Waals surface area contributed by atoms with Crippen molar-refractivity contribution >= 4 is 35.5 Å². The average molecular weight is 401 g/mol. The SMILES string of the molecule is CC(C)C(N)C(=O)OC[C@H]1C[C@@H](n2cnc3c(=O)[nH]c(N)nc32)[C@@H]1CO.Cl. The summed E-state index contributed by atoms with van der Waals surface area (Å²) in [7, 11) is 0. The second-order valence-corrected chi connectivity index (χ2v) is 7.08. The topological polar surface area (TPSA) is 162 Å². The number of rotatable bonds is 6. The third-order valence-electron chi connectivity index (χ3n) is 5.09. The van der Waals surface area contributed by atoms with E-state index in [4.69, 9.17) is 16.2 Å². The number of nitrogens with one attached hydrogen (secondary N) is 1. The van der Waals surface area contributed by atoms with Crippen LogP contribution in [0.2, 0.25) is 0 Å². The summed E-state index contributed by atoms with van der Waals surface area (Å²) >= 11 is 0. The van der Waals surface area contributed by atoms with E-state index in [1.807, 2.05) is 13.8 Å². The number of H-pyrrole nitrogens is 1. The number of aromatic amines is 1. The molecule has 1 unspecified atom stereocenters. The molecule has 0 amide bonds. The van der Waals surface area contributed by atoms with Crippen LogP contribution in [0.15, 0.2) is 11.1 Å². The molecule has 0 aromatic carbocycles. The molecule has 2 heterocycles. The summed E-state index contributed by atoms with van der Waals surface area (Å²) in [6.07, 6.45) is 2.19. The van der Waals surface area contributed by atoms with Crippen LogP contribution in [-0.4, -0.2) is 49.9 Å². The molecule has 1 aliphatic carbocycles. The van der Waals surface area contributed by atoms with E-state index in [-0.39, 0.29) is 60.9 Å². The molecule has 0 aliphatic heterocycles. The van der Waals surface area contributed by atoms with Gasteiger partial charge in [-0.3, -0.25) is 14.6 Å². The van der Waals surface area contributed by atoms with Crippen LogP contribution in [0.25, 0.3) is 11.2 Å². The predicted molar refractivity (Wildman–Crippen MR) is 101 cm³/mol. The highest BCUT2D eigenvalue weighted by molar-refractivity contribution is 5.85. The molecule has 150 valence electrons. The molecule has 1 fully saturated rings. The summed E-state index contributed by atoms with van der Waals surface area (Å²) in [6.45, 7) is 3.82. The molecule has 11 heteroatoms. The van der Waals surface area contributed by atoms with Gasteiger partial charge in [-0.15, -0.1) is 12.4 Å². The Labute approximate surface area is 161 Å². The van der Waals surface area contributed by atoms with E-state index < -0.39 is 17.6 Å². The number of nitrogens with two attached hydrogens (primary N) is 2. The highest BCUT2D eigenvalue weighted by Gasteiger charge is 2.43. The Bertz CT molecular complexity index is 866. The molecular weight excluding hydrogens is 376 g/mol. The molecule has 2 aromatic rings. The van der Waals surface area contributed by atoms with Crippen molar-refractivity contribution in [3.8, 4) is 0 Å². The normalized spacial score (nSPS) is 22.9. The minimum atomic E-state index is -0.657. The zero-order chi connectivity index (χ0) is 19.0. The second-order valence-electron chi connectivity index (χ2n) is 7.08. The third kappa shape index (κ3) is 3.92. The van der Waals surface area contributed by atoms with Crippen molar-refractivity contribution in [2.75, 3.05) is 18.9 Å². The highest BCUT2D eigenvalue weighted by atomic mass is 35.5. The van der Waals surface area contributed by atoms with Gasteiger partial charge in [0.15, 0.2) is 11.2 Å². The lowest BCUT2D eigenvalue weighted by Crippen LogP contribution is -2.45. The maximum Gasteiger partial charge on any atom is 0.323 e. The van der Waals surface area contributed by atoms with Crippen LogP contribution < -0.4 is 17.0 Å². The van der Waals surface area contributed by atoms with Gasteiger partial charge in [0.1, 0.15) is 6.04 Å². The molecule has 2 aromatic heterocycles. The molecule has 0 bridgehead atoms. The molecule has 6 N–H and O–H groups in total. The molecule has 10 nitrogen and oxygen atoms in total. The zero-order valence-corrected chi connectivity index (χ0v) is 16.0. The van der Waals surface area contributed by atoms with E-state index in [0.29, 0.717) is 12.1 Å². The molecule has 1 saturated carbocycles. The number of ether oxygens (including phenoxy) is 1. The van der Waals surface area contributed by atoms with Crippen LogP contribution >= 0.6 is 12.4 Å². The molecule has 27 heavy (non-hydrogen) atoms. The zero-order valence-electron chi connectivity index (χ0n) is 15.2. The number of aromatic nitrogens is 4. The quantitative estimate of drug-likeness (QED) is 0.485. The van der Waals surface area contributed by atoms with Gasteiger partial charge in [0, 0.05) is 24.5 Å². The van der Waals surface area contributed by atoms with Gasteiger partial charge in [-0.25, -0.2) is 4.98 Å². The number of aliphatic hydroxyl groups excluding tert-OH is 1. The van der Waals surface area contributed by atoms with Gasteiger partial charge >= 0.3 is 5.97 Å². The van der Waals surface area contributed by atoms with Crippen LogP contribution in [0.1, 0.15) is 26.3 Å². The molecule has 0 saturated heterocycles. The number of carbonyl (C=O) groups is 1. The van der Waals surface area contributed by atoms with E-state index in [1.54, 1.807) is 4.57 Å². The minimum Gasteiger partial charge on any atom is -0.464 e. The van der Waals surface area contributed by atoms with E-state index >= 15 is 0 Å². The molecule has 1 aliphatic rings. The highest BCUT2D eigenvalue weighted by Crippen LogP contribution is 2.44. The van der Waals surface area contributed by atoms with E-state index in [2.05, 4.69) is 15.0 Å². The lowest BCUT2D eigenvalue weighted by molar-refractivity contribution is -0.151. The number of esters is 1. The minimum absolute atomic E-state index is 0. The number of hydrogen-bond acceptors (Lipinski definition) is 8. The van der Waals surface area contributed by atoms with Gasteiger partial charge in [0.05, 0.1) is 12.9 Å². The fourth-order valence-electron chi connectivity index (χ4n) is 3.30. The Morgan fingerprint density at radius 3 is 2.85 bits per heavy atom. The number of hydrogen-bond donors (Lipinski definition) is 4. The van der Waals surface area contributed by atoms with E-state index in [1.165, 1.54) is 6.33 Å². The number of nitrogen functional groups attached to an aromatic ring is 1. The third-order valence-corrected chi connectivity index (χ3v) is 5.09. The van der Waals surface area contributed by atoms with Crippen LogP contribution in [0.3, 0.4) is 0 Å². The Morgan fingerprint density at radius 1 is 1.52 bits per heavy atom. The van der Waals surface area contributed by atoms with Crippen LogP contribution in [0, 0.1) is 17.8 Å². The first-order valence-electron chi connectivity index (χ1n) is 8.58. The number of nitrogens with zero attached hydrogens (tertiary/aromatic N) is 3. The first-order chi connectivity index (χ1) is 12.3.